The molecule has 0 fully saturated rings. The summed E-state index contributed by atoms with van der Waals surface area (Å²) in [7, 11) is -3.52. The van der Waals surface area contributed by atoms with Crippen molar-refractivity contribution in [3.8, 4) is 0 Å². The Bertz CT molecular complexity index is 1120. The molecule has 0 aliphatic rings. The van der Waals surface area contributed by atoms with Crippen LogP contribution in [0, 0.1) is 13.8 Å². The zero-order valence-corrected chi connectivity index (χ0v) is 22.9. The van der Waals surface area contributed by atoms with Crippen LogP contribution in [0.4, 0.5) is 5.69 Å². The van der Waals surface area contributed by atoms with Crippen molar-refractivity contribution in [3.63, 3.8) is 0 Å². The van der Waals surface area contributed by atoms with Crippen molar-refractivity contribution in [1.29, 1.82) is 0 Å². The molecule has 0 saturated carbocycles. The summed E-state index contributed by atoms with van der Waals surface area (Å²) in [6.45, 7) is 8.37. The van der Waals surface area contributed by atoms with Gasteiger partial charge in [-0.25, -0.2) is 8.42 Å². The number of sulfonamides is 1. The fourth-order valence-corrected chi connectivity index (χ4v) is 5.03. The first-order valence-corrected chi connectivity index (χ1v) is 13.9. The van der Waals surface area contributed by atoms with E-state index in [4.69, 9.17) is 0 Å². The molecule has 0 aliphatic heterocycles. The summed E-state index contributed by atoms with van der Waals surface area (Å²) in [4.78, 5) is 27.3. The Labute approximate surface area is 211 Å². The summed E-state index contributed by atoms with van der Waals surface area (Å²) in [5.41, 5.74) is 3.56. The minimum Gasteiger partial charge on any atom is -0.355 e. The summed E-state index contributed by atoms with van der Waals surface area (Å²) in [6.07, 6.45) is 1.62. The molecule has 2 rings (SSSR count). The van der Waals surface area contributed by atoms with Crippen molar-refractivity contribution in [2.24, 2.45) is 0 Å². The van der Waals surface area contributed by atoms with Crippen LogP contribution in [-0.2, 0) is 26.2 Å². The number of carbonyl (C=O) groups excluding carboxylic acids is 2. The number of carbonyl (C=O) groups is 2. The van der Waals surface area contributed by atoms with Gasteiger partial charge in [-0.05, 0) is 75.1 Å². The number of nitrogens with zero attached hydrogens (tertiary/aromatic N) is 2. The molecule has 2 aromatic rings. The van der Waals surface area contributed by atoms with E-state index in [0.717, 1.165) is 21.2 Å². The predicted octanol–water partition coefficient (Wildman–Crippen LogP) is 4.17. The second-order valence-electron chi connectivity index (χ2n) is 8.43. The van der Waals surface area contributed by atoms with Gasteiger partial charge in [0, 0.05) is 30.5 Å². The lowest BCUT2D eigenvalue weighted by Gasteiger charge is -2.29. The molecule has 1 N–H and O–H groups in total. The number of anilines is 1. The van der Waals surface area contributed by atoms with E-state index in [1.54, 1.807) is 17.9 Å². The Balaban J connectivity index is 2.17. The van der Waals surface area contributed by atoms with Gasteiger partial charge in [-0.2, -0.15) is 0 Å². The van der Waals surface area contributed by atoms with Crippen LogP contribution in [0.15, 0.2) is 46.9 Å². The number of nitrogens with one attached hydrogen (secondary N) is 1. The van der Waals surface area contributed by atoms with Crippen LogP contribution in [0.3, 0.4) is 0 Å². The van der Waals surface area contributed by atoms with Gasteiger partial charge in [-0.15, -0.1) is 0 Å². The van der Waals surface area contributed by atoms with Crippen molar-refractivity contribution in [2.45, 2.75) is 53.1 Å². The topological polar surface area (TPSA) is 86.8 Å². The number of halogens is 1. The number of likely N-dealkylation sites (N-methyl/N-ethyl adjacent to an activating group) is 1. The maximum atomic E-state index is 13.2. The van der Waals surface area contributed by atoms with Crippen molar-refractivity contribution in [3.05, 3.63) is 63.6 Å². The van der Waals surface area contributed by atoms with Crippen LogP contribution in [-0.4, -0.2) is 50.5 Å². The fourth-order valence-electron chi connectivity index (χ4n) is 3.62. The van der Waals surface area contributed by atoms with E-state index < -0.39 is 16.1 Å². The molecule has 0 heterocycles. The molecule has 9 heteroatoms. The van der Waals surface area contributed by atoms with Gasteiger partial charge in [-0.1, -0.05) is 34.1 Å². The Morgan fingerprint density at radius 1 is 1.09 bits per heavy atom. The normalized spacial score (nSPS) is 12.2. The van der Waals surface area contributed by atoms with Crippen LogP contribution in [0.25, 0.3) is 0 Å². The molecule has 0 spiro atoms. The van der Waals surface area contributed by atoms with Gasteiger partial charge in [0.25, 0.3) is 0 Å². The average molecular weight is 553 g/mol. The SMILES string of the molecule is CCNC(=O)[C@@H](C)N(Cc1cccc(Br)c1)C(=O)CCCN(c1ccc(C)c(C)c1)S(C)(=O)=O. The smallest absolute Gasteiger partial charge is 0.242 e. The molecule has 7 nitrogen and oxygen atoms in total. The third kappa shape index (κ3) is 7.84. The van der Waals surface area contributed by atoms with Gasteiger partial charge < -0.3 is 10.2 Å². The predicted molar refractivity (Wildman–Crippen MR) is 140 cm³/mol. The van der Waals surface area contributed by atoms with Crippen molar-refractivity contribution >= 4 is 43.5 Å². The van der Waals surface area contributed by atoms with Gasteiger partial charge in [0.05, 0.1) is 11.9 Å². The zero-order chi connectivity index (χ0) is 25.5. The van der Waals surface area contributed by atoms with Crippen LogP contribution in [0.2, 0.25) is 0 Å². The molecule has 2 amide bonds. The number of amides is 2. The lowest BCUT2D eigenvalue weighted by molar-refractivity contribution is -0.140. The Morgan fingerprint density at radius 2 is 1.79 bits per heavy atom. The van der Waals surface area contributed by atoms with E-state index in [-0.39, 0.29) is 31.3 Å². The largest absolute Gasteiger partial charge is 0.355 e. The first-order valence-electron chi connectivity index (χ1n) is 11.3. The second kappa shape index (κ2) is 12.4. The molecular formula is C25H34BrN3O4S. The van der Waals surface area contributed by atoms with E-state index in [9.17, 15) is 18.0 Å². The van der Waals surface area contributed by atoms with Gasteiger partial charge in [0.1, 0.15) is 6.04 Å². The first kappa shape index (κ1) is 27.9. The lowest BCUT2D eigenvalue weighted by Crippen LogP contribution is -2.47. The molecule has 0 bridgehead atoms. The van der Waals surface area contributed by atoms with Crippen molar-refractivity contribution in [2.75, 3.05) is 23.7 Å². The number of aryl methyl sites for hydroxylation is 2. The monoisotopic (exact) mass is 551 g/mol. The minimum absolute atomic E-state index is 0.120. The Morgan fingerprint density at radius 3 is 2.38 bits per heavy atom. The summed E-state index contributed by atoms with van der Waals surface area (Å²) in [5, 5.41) is 2.77. The fraction of sp³-hybridized carbons (Fsp3) is 0.440. The molecule has 0 saturated heterocycles. The van der Waals surface area contributed by atoms with Crippen LogP contribution in [0.5, 0.6) is 0 Å². The number of rotatable bonds is 11. The van der Waals surface area contributed by atoms with Gasteiger partial charge in [0.2, 0.25) is 21.8 Å². The highest BCUT2D eigenvalue weighted by molar-refractivity contribution is 9.10. The highest BCUT2D eigenvalue weighted by Gasteiger charge is 2.26. The summed E-state index contributed by atoms with van der Waals surface area (Å²) >= 11 is 3.44. The summed E-state index contributed by atoms with van der Waals surface area (Å²) < 4.78 is 27.1. The standard InChI is InChI=1S/C25H34BrN3O4S/c1-6-27-25(31)20(4)28(17-21-9-7-10-22(26)16-21)24(30)11-8-14-29(34(5,32)33)23-13-12-18(2)19(3)15-23/h7,9-10,12-13,15-16,20H,6,8,11,14,17H2,1-5H3,(H,27,31)/t20-/m1/s1. The number of hydrogen-bond donors (Lipinski definition) is 1. The van der Waals surface area contributed by atoms with E-state index in [1.807, 2.05) is 57.2 Å². The van der Waals surface area contributed by atoms with Crippen molar-refractivity contribution < 1.29 is 18.0 Å². The zero-order valence-electron chi connectivity index (χ0n) is 20.5. The van der Waals surface area contributed by atoms with E-state index in [2.05, 4.69) is 21.2 Å². The molecule has 2 aromatic carbocycles. The van der Waals surface area contributed by atoms with Crippen molar-refractivity contribution in [1.82, 2.24) is 10.2 Å². The maximum Gasteiger partial charge on any atom is 0.242 e. The van der Waals surface area contributed by atoms with E-state index in [1.165, 1.54) is 10.6 Å². The third-order valence-corrected chi connectivity index (χ3v) is 7.38. The average Bonchev–Trinajstić information content (AvgIpc) is 2.76. The van der Waals surface area contributed by atoms with E-state index >= 15 is 0 Å². The molecule has 0 unspecified atom stereocenters. The van der Waals surface area contributed by atoms with Gasteiger partial charge in [0.15, 0.2) is 0 Å². The first-order chi connectivity index (χ1) is 15.9. The molecule has 186 valence electrons. The van der Waals surface area contributed by atoms with Crippen LogP contribution >= 0.6 is 15.9 Å². The summed E-state index contributed by atoms with van der Waals surface area (Å²) in [6, 6.07) is 12.5. The van der Waals surface area contributed by atoms with Gasteiger partial charge >= 0.3 is 0 Å². The highest BCUT2D eigenvalue weighted by Crippen LogP contribution is 2.22. The quantitative estimate of drug-likeness (QED) is 0.454. The van der Waals surface area contributed by atoms with Crippen LogP contribution in [0.1, 0.15) is 43.4 Å². The van der Waals surface area contributed by atoms with Gasteiger partial charge in [-0.3, -0.25) is 13.9 Å². The minimum atomic E-state index is -3.52. The third-order valence-electron chi connectivity index (χ3n) is 5.69. The highest BCUT2D eigenvalue weighted by atomic mass is 79.9. The molecule has 1 atom stereocenters. The van der Waals surface area contributed by atoms with Crippen LogP contribution < -0.4 is 9.62 Å². The lowest BCUT2D eigenvalue weighted by atomic mass is 10.1. The second-order valence-corrected chi connectivity index (χ2v) is 11.3. The molecular weight excluding hydrogens is 518 g/mol. The Kier molecular flexibility index (Phi) is 10.1. The number of hydrogen-bond acceptors (Lipinski definition) is 4. The molecule has 34 heavy (non-hydrogen) atoms. The number of benzene rings is 2. The molecule has 0 aromatic heterocycles. The maximum absolute atomic E-state index is 13.2. The molecule has 0 aliphatic carbocycles. The van der Waals surface area contributed by atoms with E-state index in [0.29, 0.717) is 18.7 Å². The Hall–Kier alpha value is -2.39. The molecule has 0 radical (unpaired) electrons. The summed E-state index contributed by atoms with van der Waals surface area (Å²) in [5.74, 6) is -0.425.